The molecule has 0 spiro atoms. The molecule has 3 N–H and O–H groups in total. The Balaban J connectivity index is 2.73. The molecule has 404 valence electrons. The Morgan fingerprint density at radius 2 is 0.887 bits per heavy atom. The highest BCUT2D eigenvalue weighted by Gasteiger charge is 2.50. The number of allylic oxidation sites excluding steroid dienone is 14. The fourth-order valence-electron chi connectivity index (χ4n) is 7.73. The monoisotopic (exact) mass is 997 g/mol. The molecule has 1 aliphatic rings. The molecule has 6 atom stereocenters. The molecule has 0 aromatic heterocycles. The minimum Gasteiger partial charge on any atom is -0.479 e. The van der Waals surface area contributed by atoms with Crippen molar-refractivity contribution in [2.45, 2.75) is 250 Å². The summed E-state index contributed by atoms with van der Waals surface area (Å²) in [5.41, 5.74) is 0. The van der Waals surface area contributed by atoms with Crippen LogP contribution in [0.25, 0.3) is 0 Å². The molecule has 1 fully saturated rings. The number of hydrogen-bond donors (Lipinski definition) is 3. The maximum absolute atomic E-state index is 13.1. The Morgan fingerprint density at radius 1 is 0.479 bits per heavy atom. The predicted octanol–water partition coefficient (Wildman–Crippen LogP) is 13.6. The summed E-state index contributed by atoms with van der Waals surface area (Å²) in [6.45, 7) is 5.66. The molecule has 1 saturated heterocycles. The van der Waals surface area contributed by atoms with Gasteiger partial charge in [-0.15, -0.1) is 0 Å². The minimum atomic E-state index is -1.91. The van der Waals surface area contributed by atoms with Crippen LogP contribution in [0.2, 0.25) is 0 Å². The van der Waals surface area contributed by atoms with E-state index >= 15 is 0 Å². The van der Waals surface area contributed by atoms with Crippen LogP contribution in [-0.2, 0) is 42.9 Å². The van der Waals surface area contributed by atoms with E-state index in [1.165, 1.54) is 19.3 Å². The summed E-state index contributed by atoms with van der Waals surface area (Å²) in [4.78, 5) is 50.9. The molecule has 12 heteroatoms. The second kappa shape index (κ2) is 46.9. The molecule has 1 aliphatic heterocycles. The maximum atomic E-state index is 13.1. The van der Waals surface area contributed by atoms with Gasteiger partial charge in [-0.05, 0) is 103 Å². The maximum Gasteiger partial charge on any atom is 0.335 e. The third-order valence-corrected chi connectivity index (χ3v) is 11.9. The molecule has 1 heterocycles. The number of aliphatic hydroxyl groups is 2. The van der Waals surface area contributed by atoms with Gasteiger partial charge in [-0.1, -0.05) is 176 Å². The van der Waals surface area contributed by atoms with E-state index in [0.29, 0.717) is 19.3 Å². The van der Waals surface area contributed by atoms with Crippen LogP contribution in [0, 0.1) is 0 Å². The molecule has 0 bridgehead atoms. The molecule has 12 nitrogen and oxygen atoms in total. The molecule has 0 aliphatic carbocycles. The second-order valence-electron chi connectivity index (χ2n) is 18.4. The van der Waals surface area contributed by atoms with Gasteiger partial charge >= 0.3 is 23.9 Å². The highest BCUT2D eigenvalue weighted by molar-refractivity contribution is 5.74. The van der Waals surface area contributed by atoms with Gasteiger partial charge in [0.05, 0.1) is 6.61 Å². The highest BCUT2D eigenvalue weighted by atomic mass is 16.7. The summed E-state index contributed by atoms with van der Waals surface area (Å²) in [5, 5.41) is 31.4. The van der Waals surface area contributed by atoms with Crippen LogP contribution < -0.4 is 0 Å². The zero-order valence-electron chi connectivity index (χ0n) is 44.2. The van der Waals surface area contributed by atoms with Gasteiger partial charge in [0.1, 0.15) is 18.8 Å². The van der Waals surface area contributed by atoms with Gasteiger partial charge < -0.3 is 39.0 Å². The zero-order valence-corrected chi connectivity index (χ0v) is 44.2. The first-order valence-corrected chi connectivity index (χ1v) is 27.6. The topological polar surface area (TPSA) is 175 Å². The minimum absolute atomic E-state index is 0.0422. The lowest BCUT2D eigenvalue weighted by atomic mass is 9.98. The standard InChI is InChI=1S/C59H96O12/c1-4-7-10-13-16-19-22-24-25-26-27-29-31-33-36-39-42-45-51(60)67-48-50(69-52(61)46-43-40-37-35-32-28-23-20-17-14-11-8-5-2)49-68-59-57(55(64)54(63)56(71-59)58(65)66)70-53(62)47-44-41-38-34-30-21-18-15-12-9-6-3/h7-8,10-11,15-20,24-25,28,32,50,54-57,59,63-64H,4-6,9,12-14,21-23,26-27,29-31,33-49H2,1-3H3,(H,65,66)/b10-7-,11-8-,18-15-,19-16-,20-17-,25-24-,32-28-. The lowest BCUT2D eigenvalue weighted by Gasteiger charge is -2.40. The van der Waals surface area contributed by atoms with Crippen molar-refractivity contribution in [1.29, 1.82) is 0 Å². The van der Waals surface area contributed by atoms with Gasteiger partial charge in [-0.3, -0.25) is 14.4 Å². The Morgan fingerprint density at radius 3 is 1.38 bits per heavy atom. The van der Waals surface area contributed by atoms with Crippen molar-refractivity contribution in [2.75, 3.05) is 13.2 Å². The van der Waals surface area contributed by atoms with E-state index in [1.807, 2.05) is 0 Å². The highest BCUT2D eigenvalue weighted by Crippen LogP contribution is 2.26. The number of aliphatic carboxylic acids is 1. The summed E-state index contributed by atoms with van der Waals surface area (Å²) in [6, 6.07) is 0. The van der Waals surface area contributed by atoms with Crippen LogP contribution in [0.5, 0.6) is 0 Å². The lowest BCUT2D eigenvalue weighted by molar-refractivity contribution is -0.301. The van der Waals surface area contributed by atoms with E-state index in [0.717, 1.165) is 135 Å². The Hall–Kier alpha value is -4.10. The van der Waals surface area contributed by atoms with E-state index in [9.17, 15) is 34.5 Å². The molecule has 0 amide bonds. The van der Waals surface area contributed by atoms with Crippen LogP contribution in [0.1, 0.15) is 213 Å². The van der Waals surface area contributed by atoms with E-state index < -0.39 is 67.3 Å². The van der Waals surface area contributed by atoms with Gasteiger partial charge in [0, 0.05) is 19.3 Å². The third kappa shape index (κ3) is 37.3. The first kappa shape index (κ1) is 64.9. The number of carboxylic acids is 1. The number of hydrogen-bond acceptors (Lipinski definition) is 11. The number of ether oxygens (including phenoxy) is 5. The van der Waals surface area contributed by atoms with Crippen molar-refractivity contribution < 1.29 is 58.2 Å². The van der Waals surface area contributed by atoms with Crippen molar-refractivity contribution >= 4 is 23.9 Å². The molecule has 0 aromatic carbocycles. The van der Waals surface area contributed by atoms with Crippen LogP contribution in [0.4, 0.5) is 0 Å². The quantitative estimate of drug-likeness (QED) is 0.0228. The number of carbonyl (C=O) groups excluding carboxylic acids is 3. The number of rotatable bonds is 45. The summed E-state index contributed by atoms with van der Waals surface area (Å²) >= 11 is 0. The van der Waals surface area contributed by atoms with Crippen molar-refractivity contribution in [3.63, 3.8) is 0 Å². The summed E-state index contributed by atoms with van der Waals surface area (Å²) in [5.74, 6) is -3.19. The van der Waals surface area contributed by atoms with E-state index in [4.69, 9.17) is 23.7 Å². The number of aliphatic hydroxyl groups excluding tert-OH is 2. The van der Waals surface area contributed by atoms with Crippen molar-refractivity contribution in [3.05, 3.63) is 85.1 Å². The number of unbranched alkanes of at least 4 members (excludes halogenated alkanes) is 17. The second-order valence-corrected chi connectivity index (χ2v) is 18.4. The van der Waals surface area contributed by atoms with Crippen molar-refractivity contribution in [3.8, 4) is 0 Å². The summed E-state index contributed by atoms with van der Waals surface area (Å²) in [6.07, 6.45) is 47.1. The van der Waals surface area contributed by atoms with E-state index in [-0.39, 0.29) is 25.9 Å². The molecule has 6 unspecified atom stereocenters. The predicted molar refractivity (Wildman–Crippen MR) is 284 cm³/mol. The average Bonchev–Trinajstić information content (AvgIpc) is 3.35. The first-order chi connectivity index (χ1) is 34.6. The molecular formula is C59H96O12. The lowest BCUT2D eigenvalue weighted by Crippen LogP contribution is -2.61. The van der Waals surface area contributed by atoms with Gasteiger partial charge in [-0.25, -0.2) is 4.79 Å². The summed E-state index contributed by atoms with van der Waals surface area (Å²) < 4.78 is 28.3. The zero-order chi connectivity index (χ0) is 51.8. The SMILES string of the molecule is CC/C=C\C/C=C\C/C=C\CCCCCCCCCC(=O)OCC(COC1OC(C(=O)O)C(O)C(O)C1OC(=O)CCCCCCC/C=C\CCCC)OC(=O)CCCCC/C=C\C/C=C\C/C=C\CC. The first-order valence-electron chi connectivity index (χ1n) is 27.6. The Labute approximate surface area is 429 Å². The van der Waals surface area contributed by atoms with E-state index in [2.05, 4.69) is 106 Å². The normalized spacial score (nSPS) is 19.1. The van der Waals surface area contributed by atoms with Gasteiger partial charge in [0.25, 0.3) is 0 Å². The fraction of sp³-hybridized carbons (Fsp3) is 0.695. The van der Waals surface area contributed by atoms with Crippen LogP contribution in [0.3, 0.4) is 0 Å². The number of esters is 3. The van der Waals surface area contributed by atoms with Crippen molar-refractivity contribution in [1.82, 2.24) is 0 Å². The van der Waals surface area contributed by atoms with Crippen molar-refractivity contribution in [2.24, 2.45) is 0 Å². The molecule has 71 heavy (non-hydrogen) atoms. The molecule has 0 aromatic rings. The number of carboxylic acid groups (broad SMARTS) is 1. The van der Waals surface area contributed by atoms with Crippen LogP contribution in [0.15, 0.2) is 85.1 Å². The molecule has 0 radical (unpaired) electrons. The number of carbonyl (C=O) groups is 4. The average molecular weight is 997 g/mol. The largest absolute Gasteiger partial charge is 0.479 e. The Bertz CT molecular complexity index is 1560. The Kier molecular flexibility index (Phi) is 42.9. The van der Waals surface area contributed by atoms with E-state index in [1.54, 1.807) is 0 Å². The smallest absolute Gasteiger partial charge is 0.335 e. The van der Waals surface area contributed by atoms with Gasteiger partial charge in [0.2, 0.25) is 0 Å². The summed E-state index contributed by atoms with van der Waals surface area (Å²) in [7, 11) is 0. The van der Waals surface area contributed by atoms with Crippen LogP contribution in [-0.4, -0.2) is 89.2 Å². The van der Waals surface area contributed by atoms with Crippen LogP contribution >= 0.6 is 0 Å². The fourth-order valence-corrected chi connectivity index (χ4v) is 7.73. The van der Waals surface area contributed by atoms with Gasteiger partial charge in [0.15, 0.2) is 24.6 Å². The molecular weight excluding hydrogens is 901 g/mol. The van der Waals surface area contributed by atoms with Gasteiger partial charge in [-0.2, -0.15) is 0 Å². The third-order valence-electron chi connectivity index (χ3n) is 11.9. The molecule has 1 rings (SSSR count). The molecule has 0 saturated carbocycles.